The maximum atomic E-state index is 13.4. The predicted molar refractivity (Wildman–Crippen MR) is 104 cm³/mol. The molecule has 1 aromatic carbocycles. The van der Waals surface area contributed by atoms with Crippen LogP contribution in [0.25, 0.3) is 0 Å². The molecule has 7 nitrogen and oxygen atoms in total. The zero-order valence-electron chi connectivity index (χ0n) is 15.8. The SMILES string of the molecule is C=C(N=C(C)/C=C(\C)C1CN(C(=O)c2ccc(F)c(F)c2)CCO1)N/N=C\N. The summed E-state index contributed by atoms with van der Waals surface area (Å²) in [5, 5.41) is 3.62. The Bertz CT molecular complexity index is 836. The number of nitrogens with zero attached hydrogens (tertiary/aromatic N) is 3. The van der Waals surface area contributed by atoms with Crippen molar-refractivity contribution in [3.05, 3.63) is 59.4 Å². The van der Waals surface area contributed by atoms with Crippen molar-refractivity contribution in [3.8, 4) is 0 Å². The van der Waals surface area contributed by atoms with Crippen LogP contribution in [0.2, 0.25) is 0 Å². The summed E-state index contributed by atoms with van der Waals surface area (Å²) in [5.41, 5.74) is 9.31. The van der Waals surface area contributed by atoms with Crippen molar-refractivity contribution >= 4 is 18.0 Å². The Labute approximate surface area is 162 Å². The van der Waals surface area contributed by atoms with Crippen molar-refractivity contribution in [3.63, 3.8) is 0 Å². The summed E-state index contributed by atoms with van der Waals surface area (Å²) >= 11 is 0. The Morgan fingerprint density at radius 1 is 1.39 bits per heavy atom. The van der Waals surface area contributed by atoms with Crippen LogP contribution in [0, 0.1) is 11.6 Å². The molecule has 0 saturated carbocycles. The van der Waals surface area contributed by atoms with Gasteiger partial charge in [-0.15, -0.1) is 0 Å². The van der Waals surface area contributed by atoms with E-state index in [1.165, 1.54) is 6.07 Å². The minimum absolute atomic E-state index is 0.0988. The summed E-state index contributed by atoms with van der Waals surface area (Å²) < 4.78 is 32.2. The highest BCUT2D eigenvalue weighted by atomic mass is 19.2. The first-order chi connectivity index (χ1) is 13.3. The van der Waals surface area contributed by atoms with Gasteiger partial charge in [-0.1, -0.05) is 6.58 Å². The quantitative estimate of drug-likeness (QED) is 0.442. The van der Waals surface area contributed by atoms with Gasteiger partial charge in [0.1, 0.15) is 12.2 Å². The van der Waals surface area contributed by atoms with Gasteiger partial charge in [0, 0.05) is 17.8 Å². The van der Waals surface area contributed by atoms with Crippen LogP contribution in [0.15, 0.2) is 52.3 Å². The lowest BCUT2D eigenvalue weighted by Gasteiger charge is -2.33. The zero-order valence-corrected chi connectivity index (χ0v) is 15.8. The molecule has 1 atom stereocenters. The van der Waals surface area contributed by atoms with E-state index >= 15 is 0 Å². The third kappa shape index (κ3) is 5.71. The summed E-state index contributed by atoms with van der Waals surface area (Å²) in [6.45, 7) is 8.34. The molecule has 1 saturated heterocycles. The van der Waals surface area contributed by atoms with Crippen molar-refractivity contribution < 1.29 is 18.3 Å². The number of halogens is 2. The van der Waals surface area contributed by atoms with Gasteiger partial charge in [0.25, 0.3) is 5.91 Å². The maximum Gasteiger partial charge on any atom is 0.254 e. The molecule has 1 amide bonds. The average molecular weight is 391 g/mol. The summed E-state index contributed by atoms with van der Waals surface area (Å²) in [4.78, 5) is 18.4. The standard InChI is InChI=1S/C19H23F2N5O2/c1-12(8-13(2)24-14(3)25-23-11-22)18-10-26(6-7-28-18)19(27)15-4-5-16(20)17(21)9-15/h4-5,8-9,11,18,25H,3,6-7,10H2,1-2H3,(H2,22,23)/b12-8+,24-13?. The number of carbonyl (C=O) groups excluding carboxylic acids is 1. The molecule has 150 valence electrons. The molecular weight excluding hydrogens is 368 g/mol. The Balaban J connectivity index is 2.06. The van der Waals surface area contributed by atoms with E-state index in [9.17, 15) is 13.6 Å². The molecular formula is C19H23F2N5O2. The molecule has 2 rings (SSSR count). The van der Waals surface area contributed by atoms with Crippen LogP contribution >= 0.6 is 0 Å². The third-order valence-electron chi connectivity index (χ3n) is 4.04. The number of morpholine rings is 1. The molecule has 1 unspecified atom stereocenters. The van der Waals surface area contributed by atoms with Crippen LogP contribution in [0.3, 0.4) is 0 Å². The van der Waals surface area contributed by atoms with E-state index < -0.39 is 11.6 Å². The van der Waals surface area contributed by atoms with Crippen LogP contribution in [-0.2, 0) is 4.74 Å². The molecule has 1 heterocycles. The van der Waals surface area contributed by atoms with Gasteiger partial charge in [-0.25, -0.2) is 13.8 Å². The fourth-order valence-electron chi connectivity index (χ4n) is 2.73. The molecule has 1 fully saturated rings. The molecule has 1 aliphatic rings. The Morgan fingerprint density at radius 2 is 2.14 bits per heavy atom. The second-order valence-corrected chi connectivity index (χ2v) is 6.22. The lowest BCUT2D eigenvalue weighted by Crippen LogP contribution is -2.46. The van der Waals surface area contributed by atoms with Gasteiger partial charge in [-0.2, -0.15) is 5.10 Å². The van der Waals surface area contributed by atoms with E-state index in [4.69, 9.17) is 10.5 Å². The molecule has 0 bridgehead atoms. The van der Waals surface area contributed by atoms with E-state index in [0.29, 0.717) is 31.2 Å². The number of rotatable bonds is 6. The fraction of sp³-hybridized carbons (Fsp3) is 0.316. The first-order valence-corrected chi connectivity index (χ1v) is 8.59. The van der Waals surface area contributed by atoms with Crippen LogP contribution in [0.1, 0.15) is 24.2 Å². The van der Waals surface area contributed by atoms with E-state index in [-0.39, 0.29) is 17.6 Å². The number of allylic oxidation sites excluding steroid dienone is 1. The fourth-order valence-corrected chi connectivity index (χ4v) is 2.73. The number of hydrogen-bond acceptors (Lipinski definition) is 5. The zero-order chi connectivity index (χ0) is 20.7. The van der Waals surface area contributed by atoms with Gasteiger partial charge in [0.2, 0.25) is 0 Å². The van der Waals surface area contributed by atoms with Crippen LogP contribution in [-0.4, -0.2) is 48.7 Å². The smallest absolute Gasteiger partial charge is 0.254 e. The molecule has 1 aromatic rings. The van der Waals surface area contributed by atoms with Gasteiger partial charge >= 0.3 is 0 Å². The van der Waals surface area contributed by atoms with E-state index in [0.717, 1.165) is 24.0 Å². The number of hydrogen-bond donors (Lipinski definition) is 2. The Kier molecular flexibility index (Phi) is 7.39. The average Bonchev–Trinajstić information content (AvgIpc) is 2.67. The molecule has 0 aliphatic carbocycles. The number of ether oxygens (including phenoxy) is 1. The maximum absolute atomic E-state index is 13.4. The number of aliphatic imine (C=N–C) groups is 1. The summed E-state index contributed by atoms with van der Waals surface area (Å²) in [5.74, 6) is -2.09. The van der Waals surface area contributed by atoms with Crippen LogP contribution in [0.4, 0.5) is 8.78 Å². The predicted octanol–water partition coefficient (Wildman–Crippen LogP) is 2.18. The van der Waals surface area contributed by atoms with Gasteiger partial charge in [0.05, 0.1) is 19.3 Å². The minimum Gasteiger partial charge on any atom is -0.388 e. The normalized spacial score (nSPS) is 18.4. The topological polar surface area (TPSA) is 92.3 Å². The number of amides is 1. The minimum atomic E-state index is -1.05. The van der Waals surface area contributed by atoms with Crippen molar-refractivity contribution in [2.24, 2.45) is 15.8 Å². The largest absolute Gasteiger partial charge is 0.388 e. The molecule has 1 aliphatic heterocycles. The molecule has 0 radical (unpaired) electrons. The third-order valence-corrected chi connectivity index (χ3v) is 4.04. The van der Waals surface area contributed by atoms with Gasteiger partial charge in [0.15, 0.2) is 11.6 Å². The summed E-state index contributed by atoms with van der Waals surface area (Å²) in [6.07, 6.45) is 2.57. The number of hydrazone groups is 1. The molecule has 9 heteroatoms. The van der Waals surface area contributed by atoms with Crippen molar-refractivity contribution in [1.29, 1.82) is 0 Å². The lowest BCUT2D eigenvalue weighted by molar-refractivity contribution is -0.00446. The Morgan fingerprint density at radius 3 is 2.82 bits per heavy atom. The molecule has 0 aromatic heterocycles. The number of carbonyl (C=O) groups is 1. The van der Waals surface area contributed by atoms with Crippen LogP contribution in [0.5, 0.6) is 0 Å². The molecule has 3 N–H and O–H groups in total. The highest BCUT2D eigenvalue weighted by molar-refractivity contribution is 5.95. The monoisotopic (exact) mass is 391 g/mol. The van der Waals surface area contributed by atoms with E-state index in [1.807, 2.05) is 13.0 Å². The second kappa shape index (κ2) is 9.75. The molecule has 0 spiro atoms. The van der Waals surface area contributed by atoms with Gasteiger partial charge in [-0.3, -0.25) is 10.2 Å². The Hall–Kier alpha value is -3.07. The van der Waals surface area contributed by atoms with Crippen molar-refractivity contribution in [2.45, 2.75) is 20.0 Å². The second-order valence-electron chi connectivity index (χ2n) is 6.22. The van der Waals surface area contributed by atoms with Crippen molar-refractivity contribution in [2.75, 3.05) is 19.7 Å². The van der Waals surface area contributed by atoms with Crippen LogP contribution < -0.4 is 11.2 Å². The highest BCUT2D eigenvalue weighted by Gasteiger charge is 2.26. The number of benzene rings is 1. The first-order valence-electron chi connectivity index (χ1n) is 8.59. The number of nitrogens with one attached hydrogen (secondary N) is 1. The molecule has 28 heavy (non-hydrogen) atoms. The van der Waals surface area contributed by atoms with E-state index in [2.05, 4.69) is 22.1 Å². The van der Waals surface area contributed by atoms with Gasteiger partial charge in [-0.05, 0) is 43.7 Å². The summed E-state index contributed by atoms with van der Waals surface area (Å²) in [6, 6.07) is 3.12. The number of nitrogens with two attached hydrogens (primary N) is 1. The van der Waals surface area contributed by atoms with Crippen molar-refractivity contribution in [1.82, 2.24) is 10.3 Å². The van der Waals surface area contributed by atoms with Gasteiger partial charge < -0.3 is 15.4 Å². The lowest BCUT2D eigenvalue weighted by atomic mass is 10.1. The highest BCUT2D eigenvalue weighted by Crippen LogP contribution is 2.17. The first kappa shape index (κ1) is 21.2. The van der Waals surface area contributed by atoms with E-state index in [1.54, 1.807) is 11.8 Å². The summed E-state index contributed by atoms with van der Waals surface area (Å²) in [7, 11) is 0.